The average Bonchev–Trinajstić information content (AvgIpc) is 2.46. The number of hydrogen-bond donors (Lipinski definition) is 1. The Bertz CT molecular complexity index is 599. The van der Waals surface area contributed by atoms with Crippen LogP contribution in [0.5, 0.6) is 11.5 Å². The first kappa shape index (κ1) is 14.5. The van der Waals surface area contributed by atoms with Gasteiger partial charge in [0.05, 0.1) is 19.9 Å². The Kier molecular flexibility index (Phi) is 4.74. The Labute approximate surface area is 124 Å². The molecule has 20 heavy (non-hydrogen) atoms. The van der Waals surface area contributed by atoms with Crippen molar-refractivity contribution in [3.8, 4) is 11.5 Å². The molecule has 0 aliphatic heterocycles. The first-order valence-electron chi connectivity index (χ1n) is 6.35. The van der Waals surface area contributed by atoms with Gasteiger partial charge in [0.25, 0.3) is 0 Å². The Hall–Kier alpha value is -1.87. The van der Waals surface area contributed by atoms with Crippen molar-refractivity contribution in [2.24, 2.45) is 0 Å². The Morgan fingerprint density at radius 1 is 1.05 bits per heavy atom. The van der Waals surface area contributed by atoms with Gasteiger partial charge in [-0.3, -0.25) is 0 Å². The van der Waals surface area contributed by atoms with E-state index in [1.807, 2.05) is 43.3 Å². The number of benzene rings is 2. The molecule has 2 aromatic rings. The van der Waals surface area contributed by atoms with Gasteiger partial charge >= 0.3 is 0 Å². The number of ether oxygens (including phenoxy) is 2. The molecular weight excluding hydrogens is 274 g/mol. The van der Waals surface area contributed by atoms with Gasteiger partial charge in [-0.2, -0.15) is 0 Å². The molecule has 0 fully saturated rings. The maximum atomic E-state index is 6.23. The minimum absolute atomic E-state index is 0.628. The number of hydrogen-bond acceptors (Lipinski definition) is 3. The molecule has 0 aromatic heterocycles. The maximum absolute atomic E-state index is 6.23. The lowest BCUT2D eigenvalue weighted by atomic mass is 10.1. The van der Waals surface area contributed by atoms with Crippen molar-refractivity contribution in [2.75, 3.05) is 19.5 Å². The Morgan fingerprint density at radius 2 is 1.85 bits per heavy atom. The zero-order valence-electron chi connectivity index (χ0n) is 11.9. The van der Waals surface area contributed by atoms with E-state index in [1.165, 1.54) is 0 Å². The van der Waals surface area contributed by atoms with Crippen molar-refractivity contribution >= 4 is 17.3 Å². The number of halogens is 1. The minimum atomic E-state index is 0.628. The lowest BCUT2D eigenvalue weighted by molar-refractivity contribution is 0.404. The number of nitrogens with one attached hydrogen (secondary N) is 1. The molecule has 0 atom stereocenters. The summed E-state index contributed by atoms with van der Waals surface area (Å²) >= 11 is 6.23. The predicted molar refractivity (Wildman–Crippen MR) is 83.1 cm³/mol. The molecule has 2 rings (SSSR count). The molecule has 0 bridgehead atoms. The lowest BCUT2D eigenvalue weighted by Crippen LogP contribution is -2.02. The van der Waals surface area contributed by atoms with E-state index in [0.29, 0.717) is 6.54 Å². The first-order chi connectivity index (χ1) is 9.63. The average molecular weight is 292 g/mol. The third-order valence-electron chi connectivity index (χ3n) is 3.08. The summed E-state index contributed by atoms with van der Waals surface area (Å²) in [5.41, 5.74) is 3.07. The number of methoxy groups -OCH3 is 2. The molecule has 0 aliphatic carbocycles. The van der Waals surface area contributed by atoms with E-state index in [2.05, 4.69) is 5.32 Å². The highest BCUT2D eigenvalue weighted by Gasteiger charge is 2.06. The maximum Gasteiger partial charge on any atom is 0.142 e. The summed E-state index contributed by atoms with van der Waals surface area (Å²) < 4.78 is 10.6. The van der Waals surface area contributed by atoms with Crippen LogP contribution >= 0.6 is 11.6 Å². The highest BCUT2D eigenvalue weighted by molar-refractivity contribution is 6.31. The summed E-state index contributed by atoms with van der Waals surface area (Å²) in [5, 5.41) is 4.09. The second-order valence-electron chi connectivity index (χ2n) is 4.51. The Balaban J connectivity index is 2.17. The molecule has 0 saturated heterocycles. The SMILES string of the molecule is COc1ccc(OC)c(NCc2ccc(C)cc2Cl)c1. The van der Waals surface area contributed by atoms with Crippen molar-refractivity contribution in [2.45, 2.75) is 13.5 Å². The Morgan fingerprint density at radius 3 is 2.50 bits per heavy atom. The van der Waals surface area contributed by atoms with Gasteiger partial charge in [0.2, 0.25) is 0 Å². The molecule has 3 nitrogen and oxygen atoms in total. The molecule has 0 amide bonds. The number of rotatable bonds is 5. The summed E-state index contributed by atoms with van der Waals surface area (Å²) in [7, 11) is 3.29. The normalized spacial score (nSPS) is 10.2. The third kappa shape index (κ3) is 3.36. The standard InChI is InChI=1S/C16H18ClNO2/c1-11-4-5-12(14(17)8-11)10-18-15-9-13(19-2)6-7-16(15)20-3/h4-9,18H,10H2,1-3H3. The van der Waals surface area contributed by atoms with E-state index in [0.717, 1.165) is 33.3 Å². The summed E-state index contributed by atoms with van der Waals surface area (Å²) in [6.07, 6.45) is 0. The van der Waals surface area contributed by atoms with Crippen LogP contribution in [0, 0.1) is 6.92 Å². The van der Waals surface area contributed by atoms with Crippen LogP contribution in [0.3, 0.4) is 0 Å². The first-order valence-corrected chi connectivity index (χ1v) is 6.72. The summed E-state index contributed by atoms with van der Waals surface area (Å²) in [6.45, 7) is 2.65. The van der Waals surface area contributed by atoms with E-state index in [9.17, 15) is 0 Å². The molecule has 0 heterocycles. The van der Waals surface area contributed by atoms with Crippen molar-refractivity contribution in [1.29, 1.82) is 0 Å². The predicted octanol–water partition coefficient (Wildman–Crippen LogP) is 4.28. The summed E-state index contributed by atoms with van der Waals surface area (Å²) in [6, 6.07) is 11.7. The fourth-order valence-corrected chi connectivity index (χ4v) is 2.24. The van der Waals surface area contributed by atoms with Crippen molar-refractivity contribution in [3.05, 3.63) is 52.5 Å². The zero-order valence-corrected chi connectivity index (χ0v) is 12.6. The van der Waals surface area contributed by atoms with Crippen molar-refractivity contribution < 1.29 is 9.47 Å². The van der Waals surface area contributed by atoms with Gasteiger partial charge in [-0.25, -0.2) is 0 Å². The van der Waals surface area contributed by atoms with Crippen LogP contribution in [0.4, 0.5) is 5.69 Å². The smallest absolute Gasteiger partial charge is 0.142 e. The number of aryl methyl sites for hydroxylation is 1. The molecule has 0 aliphatic rings. The third-order valence-corrected chi connectivity index (χ3v) is 3.44. The van der Waals surface area contributed by atoms with E-state index in [-0.39, 0.29) is 0 Å². The van der Waals surface area contributed by atoms with Crippen LogP contribution in [0.15, 0.2) is 36.4 Å². The van der Waals surface area contributed by atoms with Crippen LogP contribution in [0.2, 0.25) is 5.02 Å². The fourth-order valence-electron chi connectivity index (χ4n) is 1.94. The molecule has 0 saturated carbocycles. The second-order valence-corrected chi connectivity index (χ2v) is 4.92. The van der Waals surface area contributed by atoms with Crippen LogP contribution in [0.25, 0.3) is 0 Å². The van der Waals surface area contributed by atoms with Crippen LogP contribution in [0.1, 0.15) is 11.1 Å². The van der Waals surface area contributed by atoms with Crippen LogP contribution < -0.4 is 14.8 Å². The monoisotopic (exact) mass is 291 g/mol. The molecule has 0 spiro atoms. The lowest BCUT2D eigenvalue weighted by Gasteiger charge is -2.13. The van der Waals surface area contributed by atoms with Gasteiger partial charge in [-0.05, 0) is 36.2 Å². The van der Waals surface area contributed by atoms with Gasteiger partial charge in [0.15, 0.2) is 0 Å². The summed E-state index contributed by atoms with van der Waals surface area (Å²) in [5.74, 6) is 1.55. The van der Waals surface area contributed by atoms with Gasteiger partial charge in [0.1, 0.15) is 11.5 Å². The van der Waals surface area contributed by atoms with Crippen molar-refractivity contribution in [1.82, 2.24) is 0 Å². The van der Waals surface area contributed by atoms with E-state index < -0.39 is 0 Å². The second kappa shape index (κ2) is 6.53. The molecule has 0 radical (unpaired) electrons. The van der Waals surface area contributed by atoms with Gasteiger partial charge in [-0.1, -0.05) is 23.7 Å². The number of anilines is 1. The van der Waals surface area contributed by atoms with E-state index >= 15 is 0 Å². The molecule has 4 heteroatoms. The van der Waals surface area contributed by atoms with Crippen molar-refractivity contribution in [3.63, 3.8) is 0 Å². The highest BCUT2D eigenvalue weighted by atomic mass is 35.5. The largest absolute Gasteiger partial charge is 0.497 e. The zero-order chi connectivity index (χ0) is 14.5. The summed E-state index contributed by atoms with van der Waals surface area (Å²) in [4.78, 5) is 0. The molecular formula is C16H18ClNO2. The quantitative estimate of drug-likeness (QED) is 0.892. The molecule has 1 N–H and O–H groups in total. The van der Waals surface area contributed by atoms with Gasteiger partial charge < -0.3 is 14.8 Å². The van der Waals surface area contributed by atoms with Crippen LogP contribution in [-0.4, -0.2) is 14.2 Å². The van der Waals surface area contributed by atoms with E-state index in [1.54, 1.807) is 14.2 Å². The molecule has 0 unspecified atom stereocenters. The fraction of sp³-hybridized carbons (Fsp3) is 0.250. The van der Waals surface area contributed by atoms with Gasteiger partial charge in [0, 0.05) is 17.6 Å². The molecule has 2 aromatic carbocycles. The van der Waals surface area contributed by atoms with Crippen LogP contribution in [-0.2, 0) is 6.54 Å². The highest BCUT2D eigenvalue weighted by Crippen LogP contribution is 2.30. The topological polar surface area (TPSA) is 30.5 Å². The minimum Gasteiger partial charge on any atom is -0.497 e. The molecule has 106 valence electrons. The van der Waals surface area contributed by atoms with E-state index in [4.69, 9.17) is 21.1 Å². The van der Waals surface area contributed by atoms with Gasteiger partial charge in [-0.15, -0.1) is 0 Å².